The van der Waals surface area contributed by atoms with Crippen LogP contribution < -0.4 is 10.6 Å². The zero-order chi connectivity index (χ0) is 23.3. The quantitative estimate of drug-likeness (QED) is 0.582. The van der Waals surface area contributed by atoms with Crippen LogP contribution >= 0.6 is 23.2 Å². The topological polar surface area (TPSA) is 105 Å². The Labute approximate surface area is 191 Å². The van der Waals surface area contributed by atoms with Crippen molar-refractivity contribution in [3.63, 3.8) is 0 Å². The standard InChI is InChI=1S/C21H18Cl2N4O5/c1-24-15-7-6-12(8-16(15)25(2)20(24)31)26-10-13(19(29)30)18(28)27(21(26)32)9-11-4-3-5-14(22)17(11)23/h3-8,13H,9-10H2,1-2H3,(H,29,30). The third-order valence-electron chi connectivity index (χ3n) is 5.62. The van der Waals surface area contributed by atoms with Crippen LogP contribution in [0.5, 0.6) is 0 Å². The molecule has 1 N–H and O–H groups in total. The first-order chi connectivity index (χ1) is 15.1. The van der Waals surface area contributed by atoms with Gasteiger partial charge in [-0.05, 0) is 29.8 Å². The second kappa shape index (κ2) is 7.99. The van der Waals surface area contributed by atoms with Crippen LogP contribution in [0.15, 0.2) is 41.2 Å². The number of carbonyl (C=O) groups excluding carboxylic acids is 2. The van der Waals surface area contributed by atoms with Crippen LogP contribution in [0.1, 0.15) is 5.56 Å². The predicted molar refractivity (Wildman–Crippen MR) is 119 cm³/mol. The molecule has 3 amide bonds. The molecular weight excluding hydrogens is 459 g/mol. The van der Waals surface area contributed by atoms with E-state index in [1.165, 1.54) is 14.0 Å². The van der Waals surface area contributed by atoms with E-state index in [0.29, 0.717) is 22.3 Å². The summed E-state index contributed by atoms with van der Waals surface area (Å²) in [7, 11) is 3.23. The highest BCUT2D eigenvalue weighted by Gasteiger charge is 2.43. The van der Waals surface area contributed by atoms with E-state index in [1.54, 1.807) is 50.5 Å². The van der Waals surface area contributed by atoms with Crippen molar-refractivity contribution in [2.45, 2.75) is 6.54 Å². The van der Waals surface area contributed by atoms with Gasteiger partial charge in [0.1, 0.15) is 0 Å². The largest absolute Gasteiger partial charge is 0.481 e. The van der Waals surface area contributed by atoms with Gasteiger partial charge < -0.3 is 5.11 Å². The van der Waals surface area contributed by atoms with Gasteiger partial charge in [-0.25, -0.2) is 9.59 Å². The van der Waals surface area contributed by atoms with Crippen molar-refractivity contribution in [3.05, 3.63) is 62.5 Å². The van der Waals surface area contributed by atoms with Crippen LogP contribution in [0, 0.1) is 5.92 Å². The van der Waals surface area contributed by atoms with E-state index in [0.717, 1.165) is 4.90 Å². The van der Waals surface area contributed by atoms with E-state index in [-0.39, 0.29) is 28.8 Å². The summed E-state index contributed by atoms with van der Waals surface area (Å²) in [5.41, 5.74) is 1.76. The van der Waals surface area contributed by atoms with Crippen molar-refractivity contribution in [1.29, 1.82) is 0 Å². The molecule has 2 aromatic carbocycles. The number of carbonyl (C=O) groups is 3. The highest BCUT2D eigenvalue weighted by atomic mass is 35.5. The third-order valence-corrected chi connectivity index (χ3v) is 6.47. The Morgan fingerprint density at radius 1 is 1.06 bits per heavy atom. The summed E-state index contributed by atoms with van der Waals surface area (Å²) in [6.07, 6.45) is 0. The molecule has 9 nitrogen and oxygen atoms in total. The molecule has 0 aliphatic carbocycles. The Bertz CT molecular complexity index is 1350. The van der Waals surface area contributed by atoms with Crippen molar-refractivity contribution in [3.8, 4) is 0 Å². The lowest BCUT2D eigenvalue weighted by atomic mass is 10.0. The Morgan fingerprint density at radius 2 is 1.75 bits per heavy atom. The van der Waals surface area contributed by atoms with Gasteiger partial charge in [0.25, 0.3) is 0 Å². The molecule has 0 spiro atoms. The number of carboxylic acid groups (broad SMARTS) is 1. The monoisotopic (exact) mass is 476 g/mol. The first kappa shape index (κ1) is 21.9. The number of aryl methyl sites for hydroxylation is 2. The van der Waals surface area contributed by atoms with E-state index < -0.39 is 23.8 Å². The number of fused-ring (bicyclic) bond motifs is 1. The molecule has 0 saturated carbocycles. The molecule has 1 aromatic heterocycles. The molecule has 1 fully saturated rings. The number of hydrogen-bond acceptors (Lipinski definition) is 4. The van der Waals surface area contributed by atoms with Crippen molar-refractivity contribution >= 4 is 57.8 Å². The fraction of sp³-hybridized carbons (Fsp3) is 0.238. The minimum absolute atomic E-state index is 0.180. The van der Waals surface area contributed by atoms with Gasteiger partial charge in [0.15, 0.2) is 5.92 Å². The number of amides is 3. The molecule has 2 heterocycles. The smallest absolute Gasteiger partial charge is 0.331 e. The molecule has 1 saturated heterocycles. The van der Waals surface area contributed by atoms with Crippen LogP contribution in [-0.2, 0) is 30.2 Å². The normalized spacial score (nSPS) is 16.8. The predicted octanol–water partition coefficient (Wildman–Crippen LogP) is 2.85. The number of nitrogens with zero attached hydrogens (tertiary/aromatic N) is 4. The lowest BCUT2D eigenvalue weighted by Gasteiger charge is -2.37. The zero-order valence-corrected chi connectivity index (χ0v) is 18.6. The van der Waals surface area contributed by atoms with Crippen molar-refractivity contribution in [1.82, 2.24) is 14.0 Å². The Hall–Kier alpha value is -3.30. The van der Waals surface area contributed by atoms with Crippen LogP contribution in [0.3, 0.4) is 0 Å². The second-order valence-electron chi connectivity index (χ2n) is 7.49. The molecule has 3 aromatic rings. The number of benzene rings is 2. The molecule has 11 heteroatoms. The van der Waals surface area contributed by atoms with Gasteiger partial charge in [0, 0.05) is 26.3 Å². The van der Waals surface area contributed by atoms with Gasteiger partial charge in [-0.2, -0.15) is 0 Å². The summed E-state index contributed by atoms with van der Waals surface area (Å²) in [6.45, 7) is -0.567. The number of aromatic nitrogens is 2. The highest BCUT2D eigenvalue weighted by molar-refractivity contribution is 6.42. The number of imidazole rings is 1. The maximum absolute atomic E-state index is 13.3. The summed E-state index contributed by atoms with van der Waals surface area (Å²) in [5.74, 6) is -3.63. The van der Waals surface area contributed by atoms with Gasteiger partial charge in [0.05, 0.1) is 27.6 Å². The zero-order valence-electron chi connectivity index (χ0n) is 17.1. The van der Waals surface area contributed by atoms with E-state index in [9.17, 15) is 24.3 Å². The highest BCUT2D eigenvalue weighted by Crippen LogP contribution is 2.31. The van der Waals surface area contributed by atoms with E-state index in [2.05, 4.69) is 0 Å². The number of imide groups is 1. The summed E-state index contributed by atoms with van der Waals surface area (Å²) in [6, 6.07) is 9.01. The fourth-order valence-corrected chi connectivity index (χ4v) is 4.20. The maximum Gasteiger partial charge on any atom is 0.331 e. The van der Waals surface area contributed by atoms with Gasteiger partial charge in [-0.3, -0.25) is 28.5 Å². The number of rotatable bonds is 4. The molecule has 0 bridgehead atoms. The van der Waals surface area contributed by atoms with Crippen molar-refractivity contribution < 1.29 is 19.5 Å². The fourth-order valence-electron chi connectivity index (χ4n) is 3.82. The molecule has 1 unspecified atom stereocenters. The Balaban J connectivity index is 1.78. The summed E-state index contributed by atoms with van der Waals surface area (Å²) in [4.78, 5) is 52.2. The lowest BCUT2D eigenvalue weighted by Crippen LogP contribution is -2.58. The second-order valence-corrected chi connectivity index (χ2v) is 8.28. The molecule has 1 aliphatic heterocycles. The minimum atomic E-state index is -1.46. The number of carboxylic acids is 1. The van der Waals surface area contributed by atoms with Crippen molar-refractivity contribution in [2.75, 3.05) is 11.4 Å². The molecular formula is C21H18Cl2N4O5. The average molecular weight is 477 g/mol. The van der Waals surface area contributed by atoms with Crippen LogP contribution in [-0.4, -0.2) is 43.6 Å². The first-order valence-electron chi connectivity index (χ1n) is 9.56. The molecule has 166 valence electrons. The SMILES string of the molecule is Cn1c(=O)n(C)c2cc(N3CC(C(=O)O)C(=O)N(Cc4cccc(Cl)c4Cl)C3=O)ccc21. The molecule has 1 atom stereocenters. The van der Waals surface area contributed by atoms with Gasteiger partial charge >= 0.3 is 17.7 Å². The van der Waals surface area contributed by atoms with Gasteiger partial charge in [-0.1, -0.05) is 35.3 Å². The van der Waals surface area contributed by atoms with E-state index >= 15 is 0 Å². The van der Waals surface area contributed by atoms with Crippen molar-refractivity contribution in [2.24, 2.45) is 20.0 Å². The summed E-state index contributed by atoms with van der Waals surface area (Å²) >= 11 is 12.3. The van der Waals surface area contributed by atoms with Crippen LogP contribution in [0.25, 0.3) is 11.0 Å². The molecule has 4 rings (SSSR count). The Kier molecular flexibility index (Phi) is 5.47. The van der Waals surface area contributed by atoms with E-state index in [1.807, 2.05) is 0 Å². The Morgan fingerprint density at radius 3 is 2.44 bits per heavy atom. The minimum Gasteiger partial charge on any atom is -0.481 e. The molecule has 1 aliphatic rings. The number of halogens is 2. The summed E-state index contributed by atoms with van der Waals surface area (Å²) in [5, 5.41) is 10.0. The number of hydrogen-bond donors (Lipinski definition) is 1. The molecule has 32 heavy (non-hydrogen) atoms. The van der Waals surface area contributed by atoms with Crippen LogP contribution in [0.2, 0.25) is 10.0 Å². The average Bonchev–Trinajstić information content (AvgIpc) is 2.97. The van der Waals surface area contributed by atoms with Gasteiger partial charge in [-0.15, -0.1) is 0 Å². The summed E-state index contributed by atoms with van der Waals surface area (Å²) < 4.78 is 2.89. The number of anilines is 1. The van der Waals surface area contributed by atoms with Gasteiger partial charge in [0.2, 0.25) is 5.91 Å². The third kappa shape index (κ3) is 3.43. The maximum atomic E-state index is 13.3. The number of aliphatic carboxylic acids is 1. The lowest BCUT2D eigenvalue weighted by molar-refractivity contribution is -0.150. The number of urea groups is 1. The van der Waals surface area contributed by atoms with Crippen LogP contribution in [0.4, 0.5) is 10.5 Å². The van der Waals surface area contributed by atoms with E-state index in [4.69, 9.17) is 23.2 Å². The molecule has 0 radical (unpaired) electrons. The first-order valence-corrected chi connectivity index (χ1v) is 10.3.